The highest BCUT2D eigenvalue weighted by Crippen LogP contribution is 2.35. The van der Waals surface area contributed by atoms with Crippen LogP contribution >= 0.6 is 34.8 Å². The van der Waals surface area contributed by atoms with Crippen molar-refractivity contribution in [3.8, 4) is 5.75 Å². The van der Waals surface area contributed by atoms with Gasteiger partial charge in [0.05, 0.1) is 17.7 Å². The van der Waals surface area contributed by atoms with E-state index in [1.807, 2.05) is 0 Å². The van der Waals surface area contributed by atoms with Crippen LogP contribution in [0.25, 0.3) is 0 Å². The number of hydrogen-bond acceptors (Lipinski definition) is 5. The van der Waals surface area contributed by atoms with Crippen molar-refractivity contribution >= 4 is 62.3 Å². The molecule has 1 N–H and O–H groups in total. The lowest BCUT2D eigenvalue weighted by atomic mass is 10.1. The fraction of sp³-hybridized carbons (Fsp3) is 0.355. The van der Waals surface area contributed by atoms with E-state index in [0.29, 0.717) is 15.6 Å². The van der Waals surface area contributed by atoms with Gasteiger partial charge in [-0.15, -0.1) is 0 Å². The quantitative estimate of drug-likeness (QED) is 0.232. The Morgan fingerprint density at radius 1 is 0.977 bits per heavy atom. The third-order valence-electron chi connectivity index (χ3n) is 7.50. The molecule has 3 aromatic carbocycles. The summed E-state index contributed by atoms with van der Waals surface area (Å²) in [6.45, 7) is 1.04. The first-order valence-electron chi connectivity index (χ1n) is 14.0. The minimum atomic E-state index is -4.30. The van der Waals surface area contributed by atoms with Crippen LogP contribution in [0.15, 0.2) is 71.6 Å². The van der Waals surface area contributed by atoms with E-state index in [1.165, 1.54) is 36.3 Å². The first-order chi connectivity index (χ1) is 20.6. The first-order valence-corrected chi connectivity index (χ1v) is 16.6. The minimum Gasteiger partial charge on any atom is -0.495 e. The summed E-state index contributed by atoms with van der Waals surface area (Å²) in [5.74, 6) is -0.752. The average molecular weight is 667 g/mol. The number of nitrogens with one attached hydrogen (secondary N) is 1. The maximum Gasteiger partial charge on any atom is 0.264 e. The molecule has 3 aromatic rings. The zero-order chi connectivity index (χ0) is 31.1. The van der Waals surface area contributed by atoms with Crippen LogP contribution in [0, 0.1) is 0 Å². The topological polar surface area (TPSA) is 96.0 Å². The van der Waals surface area contributed by atoms with Crippen molar-refractivity contribution in [2.24, 2.45) is 0 Å². The molecule has 4 rings (SSSR count). The molecule has 0 radical (unpaired) electrons. The lowest BCUT2D eigenvalue weighted by Gasteiger charge is -2.34. The molecule has 0 aromatic heterocycles. The average Bonchev–Trinajstić information content (AvgIpc) is 3.50. The van der Waals surface area contributed by atoms with Crippen molar-refractivity contribution < 1.29 is 22.7 Å². The number of sulfonamides is 1. The zero-order valence-electron chi connectivity index (χ0n) is 23.9. The van der Waals surface area contributed by atoms with Gasteiger partial charge in [-0.3, -0.25) is 13.9 Å². The summed E-state index contributed by atoms with van der Waals surface area (Å²) in [5.41, 5.74) is 0.524. The maximum atomic E-state index is 14.3. The molecule has 1 fully saturated rings. The Kier molecular flexibility index (Phi) is 11.2. The summed E-state index contributed by atoms with van der Waals surface area (Å²) in [6, 6.07) is 16.4. The number of carbonyl (C=O) groups is 2. The number of hydrogen-bond donors (Lipinski definition) is 1. The van der Waals surface area contributed by atoms with Crippen LogP contribution in [0.5, 0.6) is 5.75 Å². The van der Waals surface area contributed by atoms with Crippen LogP contribution < -0.4 is 14.4 Å². The molecule has 43 heavy (non-hydrogen) atoms. The second kappa shape index (κ2) is 14.7. The monoisotopic (exact) mass is 665 g/mol. The van der Waals surface area contributed by atoms with Gasteiger partial charge in [-0.25, -0.2) is 8.42 Å². The van der Waals surface area contributed by atoms with E-state index in [0.717, 1.165) is 30.0 Å². The van der Waals surface area contributed by atoms with Gasteiger partial charge >= 0.3 is 0 Å². The predicted octanol–water partition coefficient (Wildman–Crippen LogP) is 6.72. The Balaban J connectivity index is 1.79. The van der Waals surface area contributed by atoms with E-state index in [2.05, 4.69) is 5.32 Å². The van der Waals surface area contributed by atoms with Crippen molar-refractivity contribution in [3.63, 3.8) is 0 Å². The number of nitrogens with zero attached hydrogens (tertiary/aromatic N) is 2. The number of carbonyl (C=O) groups excluding carboxylic acids is 2. The van der Waals surface area contributed by atoms with Crippen LogP contribution in [0.2, 0.25) is 15.1 Å². The molecule has 2 amide bonds. The van der Waals surface area contributed by atoms with Crippen molar-refractivity contribution in [2.75, 3.05) is 18.0 Å². The second-order valence-corrected chi connectivity index (χ2v) is 13.4. The third kappa shape index (κ3) is 7.76. The molecule has 0 spiro atoms. The van der Waals surface area contributed by atoms with Gasteiger partial charge in [-0.2, -0.15) is 0 Å². The molecule has 0 unspecified atom stereocenters. The molecule has 0 heterocycles. The molecule has 0 bridgehead atoms. The standard InChI is InChI=1S/C31H34Cl3N3O5S/c1-3-27(31(39)35-22-10-7-8-11-22)36(19-24-25(33)14-9-15-26(24)34)30(38)20-37(28-18-21(32)16-17-29(28)42-2)43(40,41)23-12-5-4-6-13-23/h4-6,9,12-18,22,27H,3,7-8,10-11,19-20H2,1-2H3,(H,35,39)/t27-/m0/s1. The van der Waals surface area contributed by atoms with Gasteiger partial charge in [0.1, 0.15) is 18.3 Å². The van der Waals surface area contributed by atoms with Gasteiger partial charge in [0.2, 0.25) is 11.8 Å². The lowest BCUT2D eigenvalue weighted by Crippen LogP contribution is -2.53. The SMILES string of the molecule is CC[C@@H](C(=O)NC1CCCC1)N(Cc1c(Cl)cccc1Cl)C(=O)CN(c1cc(Cl)ccc1OC)S(=O)(=O)c1ccccc1. The molecular formula is C31H34Cl3N3O5S. The molecule has 1 atom stereocenters. The zero-order valence-corrected chi connectivity index (χ0v) is 27.0. The molecule has 12 heteroatoms. The summed E-state index contributed by atoms with van der Waals surface area (Å²) < 4.78 is 34.6. The molecule has 0 aliphatic heterocycles. The van der Waals surface area contributed by atoms with E-state index in [-0.39, 0.29) is 46.3 Å². The van der Waals surface area contributed by atoms with Gasteiger partial charge in [-0.1, -0.05) is 78.8 Å². The smallest absolute Gasteiger partial charge is 0.264 e. The fourth-order valence-corrected chi connectivity index (χ4v) is 7.35. The van der Waals surface area contributed by atoms with Gasteiger partial charge in [0.15, 0.2) is 0 Å². The number of amides is 2. The van der Waals surface area contributed by atoms with Crippen molar-refractivity contribution in [1.82, 2.24) is 10.2 Å². The third-order valence-corrected chi connectivity index (χ3v) is 10.2. The molecule has 230 valence electrons. The van der Waals surface area contributed by atoms with Gasteiger partial charge in [-0.05, 0) is 61.7 Å². The number of methoxy groups -OCH3 is 1. The number of benzene rings is 3. The van der Waals surface area contributed by atoms with Crippen molar-refractivity contribution in [1.29, 1.82) is 0 Å². The molecule has 1 aliphatic carbocycles. The highest BCUT2D eigenvalue weighted by molar-refractivity contribution is 7.92. The highest BCUT2D eigenvalue weighted by Gasteiger charge is 2.36. The Labute approximate surface area is 267 Å². The second-order valence-electron chi connectivity index (χ2n) is 10.3. The van der Waals surface area contributed by atoms with E-state index in [1.54, 1.807) is 49.4 Å². The van der Waals surface area contributed by atoms with Gasteiger partial charge in [0.25, 0.3) is 10.0 Å². The largest absolute Gasteiger partial charge is 0.495 e. The Hall–Kier alpha value is -2.98. The summed E-state index contributed by atoms with van der Waals surface area (Å²) in [5, 5.41) is 3.97. The van der Waals surface area contributed by atoms with Crippen LogP contribution in [0.1, 0.15) is 44.6 Å². The van der Waals surface area contributed by atoms with Crippen LogP contribution in [-0.2, 0) is 26.2 Å². The number of ether oxygens (including phenoxy) is 1. The van der Waals surface area contributed by atoms with E-state index < -0.39 is 28.5 Å². The number of rotatable bonds is 12. The molecular weight excluding hydrogens is 633 g/mol. The van der Waals surface area contributed by atoms with Crippen LogP contribution in [0.3, 0.4) is 0 Å². The summed E-state index contributed by atoms with van der Waals surface area (Å²) >= 11 is 19.3. The lowest BCUT2D eigenvalue weighted by molar-refractivity contribution is -0.140. The summed E-state index contributed by atoms with van der Waals surface area (Å²) in [7, 11) is -2.90. The van der Waals surface area contributed by atoms with E-state index in [4.69, 9.17) is 39.5 Å². The minimum absolute atomic E-state index is 0.0214. The fourth-order valence-electron chi connectivity index (χ4n) is 5.23. The van der Waals surface area contributed by atoms with Crippen molar-refractivity contribution in [2.45, 2.75) is 62.6 Å². The van der Waals surface area contributed by atoms with Gasteiger partial charge < -0.3 is 15.0 Å². The van der Waals surface area contributed by atoms with Crippen molar-refractivity contribution in [3.05, 3.63) is 87.4 Å². The summed E-state index contributed by atoms with van der Waals surface area (Å²) in [6.07, 6.45) is 4.05. The van der Waals surface area contributed by atoms with E-state index >= 15 is 0 Å². The Morgan fingerprint density at radius 2 is 1.63 bits per heavy atom. The van der Waals surface area contributed by atoms with Crippen LogP contribution in [0.4, 0.5) is 5.69 Å². The molecule has 1 aliphatic rings. The van der Waals surface area contributed by atoms with Crippen LogP contribution in [-0.4, -0.2) is 50.9 Å². The maximum absolute atomic E-state index is 14.3. The Bertz CT molecular complexity index is 1530. The predicted molar refractivity (Wildman–Crippen MR) is 170 cm³/mol. The first kappa shape index (κ1) is 32.9. The van der Waals surface area contributed by atoms with E-state index in [9.17, 15) is 18.0 Å². The molecule has 8 nitrogen and oxygen atoms in total. The highest BCUT2D eigenvalue weighted by atomic mass is 35.5. The molecule has 1 saturated carbocycles. The number of halogens is 3. The Morgan fingerprint density at radius 3 is 2.23 bits per heavy atom. The molecule has 0 saturated heterocycles. The van der Waals surface area contributed by atoms with Gasteiger partial charge in [0, 0.05) is 33.2 Å². The normalized spacial score (nSPS) is 14.3. The summed E-state index contributed by atoms with van der Waals surface area (Å²) in [4.78, 5) is 29.3. The number of anilines is 1.